The lowest BCUT2D eigenvalue weighted by molar-refractivity contribution is -0.385. The number of methoxy groups -OCH3 is 2. The maximum atomic E-state index is 12.2. The van der Waals surface area contributed by atoms with Gasteiger partial charge in [0.15, 0.2) is 11.5 Å². The van der Waals surface area contributed by atoms with Gasteiger partial charge in [0.1, 0.15) is 5.56 Å². The molecule has 0 spiro atoms. The summed E-state index contributed by atoms with van der Waals surface area (Å²) in [6, 6.07) is 2.46. The summed E-state index contributed by atoms with van der Waals surface area (Å²) in [5, 5.41) is 13.9. The molecule has 0 aliphatic rings. The van der Waals surface area contributed by atoms with Gasteiger partial charge in [-0.25, -0.2) is 0 Å². The Balaban J connectivity index is 3.20. The van der Waals surface area contributed by atoms with Crippen LogP contribution < -0.4 is 14.8 Å². The standard InChI is InChI=1S/C14H20N2O5/c1-5-6-9(2)15-14(17)10-7-12(20-3)13(21-4)8-11(10)16(18)19/h7-9H,5-6H2,1-4H3,(H,15,17)/t9-/m0/s1. The van der Waals surface area contributed by atoms with Gasteiger partial charge >= 0.3 is 0 Å². The summed E-state index contributed by atoms with van der Waals surface area (Å²) in [5.41, 5.74) is -0.352. The number of nitro groups is 1. The summed E-state index contributed by atoms with van der Waals surface area (Å²) in [4.78, 5) is 22.7. The van der Waals surface area contributed by atoms with Gasteiger partial charge in [-0.1, -0.05) is 13.3 Å². The zero-order valence-corrected chi connectivity index (χ0v) is 12.6. The van der Waals surface area contributed by atoms with E-state index in [9.17, 15) is 14.9 Å². The van der Waals surface area contributed by atoms with E-state index in [4.69, 9.17) is 9.47 Å². The van der Waals surface area contributed by atoms with Crippen molar-refractivity contribution in [2.24, 2.45) is 0 Å². The number of carbonyl (C=O) groups excluding carboxylic acids is 1. The molecular weight excluding hydrogens is 276 g/mol. The fraction of sp³-hybridized carbons (Fsp3) is 0.500. The highest BCUT2D eigenvalue weighted by Gasteiger charge is 2.25. The van der Waals surface area contributed by atoms with Gasteiger partial charge in [-0.2, -0.15) is 0 Å². The summed E-state index contributed by atoms with van der Waals surface area (Å²) < 4.78 is 10.1. The lowest BCUT2D eigenvalue weighted by Gasteiger charge is -2.14. The molecule has 0 saturated carbocycles. The highest BCUT2D eigenvalue weighted by Crippen LogP contribution is 2.34. The van der Waals surface area contributed by atoms with E-state index in [1.165, 1.54) is 26.4 Å². The third-order valence-corrected chi connectivity index (χ3v) is 3.04. The van der Waals surface area contributed by atoms with Crippen LogP contribution in [-0.4, -0.2) is 31.1 Å². The molecule has 7 heteroatoms. The van der Waals surface area contributed by atoms with Gasteiger partial charge < -0.3 is 14.8 Å². The second-order valence-electron chi connectivity index (χ2n) is 4.64. The molecule has 0 saturated heterocycles. The molecule has 1 rings (SSSR count). The lowest BCUT2D eigenvalue weighted by atomic mass is 10.1. The second-order valence-corrected chi connectivity index (χ2v) is 4.64. The number of amides is 1. The van der Waals surface area contributed by atoms with Gasteiger partial charge in [-0.3, -0.25) is 14.9 Å². The first-order valence-corrected chi connectivity index (χ1v) is 6.65. The van der Waals surface area contributed by atoms with Crippen LogP contribution in [0, 0.1) is 10.1 Å². The molecule has 7 nitrogen and oxygen atoms in total. The molecule has 21 heavy (non-hydrogen) atoms. The molecule has 1 aromatic carbocycles. The van der Waals surface area contributed by atoms with E-state index >= 15 is 0 Å². The number of nitrogens with zero attached hydrogens (tertiary/aromatic N) is 1. The van der Waals surface area contributed by atoms with E-state index < -0.39 is 10.8 Å². The molecule has 1 N–H and O–H groups in total. The summed E-state index contributed by atoms with van der Waals surface area (Å²) in [5.74, 6) is -0.0117. The van der Waals surface area contributed by atoms with Crippen LogP contribution >= 0.6 is 0 Å². The average molecular weight is 296 g/mol. The number of nitro benzene ring substituents is 1. The van der Waals surface area contributed by atoms with E-state index in [0.717, 1.165) is 12.8 Å². The van der Waals surface area contributed by atoms with Gasteiger partial charge in [0, 0.05) is 12.1 Å². The molecule has 0 unspecified atom stereocenters. The van der Waals surface area contributed by atoms with Gasteiger partial charge in [-0.15, -0.1) is 0 Å². The van der Waals surface area contributed by atoms with Gasteiger partial charge in [0.05, 0.1) is 25.2 Å². The van der Waals surface area contributed by atoms with Crippen molar-refractivity contribution in [3.05, 3.63) is 27.8 Å². The SMILES string of the molecule is CCC[C@H](C)NC(=O)c1cc(OC)c(OC)cc1[N+](=O)[O-]. The first kappa shape index (κ1) is 16.7. The van der Waals surface area contributed by atoms with Gasteiger partial charge in [0.2, 0.25) is 0 Å². The number of benzene rings is 1. The molecule has 1 aromatic rings. The van der Waals surface area contributed by atoms with Gasteiger partial charge in [0.25, 0.3) is 11.6 Å². The molecule has 1 amide bonds. The molecular formula is C14H20N2O5. The maximum Gasteiger partial charge on any atom is 0.286 e. The van der Waals surface area contributed by atoms with Crippen molar-refractivity contribution in [3.8, 4) is 11.5 Å². The molecule has 0 fully saturated rings. The maximum absolute atomic E-state index is 12.2. The quantitative estimate of drug-likeness (QED) is 0.616. The summed E-state index contributed by atoms with van der Waals surface area (Å²) >= 11 is 0. The van der Waals surface area contributed by atoms with E-state index in [0.29, 0.717) is 0 Å². The zero-order chi connectivity index (χ0) is 16.0. The molecule has 0 aliphatic heterocycles. The normalized spacial score (nSPS) is 11.6. The third kappa shape index (κ3) is 4.08. The van der Waals surface area contributed by atoms with E-state index in [-0.39, 0.29) is 28.8 Å². The van der Waals surface area contributed by atoms with E-state index in [1.54, 1.807) is 0 Å². The topological polar surface area (TPSA) is 90.7 Å². The molecule has 1 atom stereocenters. The Morgan fingerprint density at radius 2 is 1.90 bits per heavy atom. The molecule has 0 radical (unpaired) electrons. The van der Waals surface area contributed by atoms with Crippen LogP contribution in [0.1, 0.15) is 37.0 Å². The van der Waals surface area contributed by atoms with E-state index in [2.05, 4.69) is 5.32 Å². The number of hydrogen-bond acceptors (Lipinski definition) is 5. The minimum absolute atomic E-state index is 0.0411. The van der Waals surface area contributed by atoms with Crippen molar-refractivity contribution >= 4 is 11.6 Å². The Bertz CT molecular complexity index is 530. The van der Waals surface area contributed by atoms with Crippen LogP contribution in [-0.2, 0) is 0 Å². The van der Waals surface area contributed by atoms with Crippen molar-refractivity contribution in [2.45, 2.75) is 32.7 Å². The highest BCUT2D eigenvalue weighted by molar-refractivity contribution is 5.99. The van der Waals surface area contributed by atoms with Gasteiger partial charge in [-0.05, 0) is 13.3 Å². The van der Waals surface area contributed by atoms with Crippen LogP contribution in [0.25, 0.3) is 0 Å². The minimum atomic E-state index is -0.610. The first-order chi connectivity index (χ1) is 9.94. The molecule has 0 aliphatic carbocycles. The van der Waals surface area contributed by atoms with Crippen molar-refractivity contribution in [3.63, 3.8) is 0 Å². The second kappa shape index (κ2) is 7.47. The van der Waals surface area contributed by atoms with Crippen LogP contribution in [0.3, 0.4) is 0 Å². The third-order valence-electron chi connectivity index (χ3n) is 3.04. The average Bonchev–Trinajstić information content (AvgIpc) is 2.45. The van der Waals surface area contributed by atoms with Crippen molar-refractivity contribution < 1.29 is 19.2 Å². The largest absolute Gasteiger partial charge is 0.493 e. The number of rotatable bonds is 7. The van der Waals surface area contributed by atoms with Crippen molar-refractivity contribution in [1.29, 1.82) is 0 Å². The number of carbonyl (C=O) groups is 1. The lowest BCUT2D eigenvalue weighted by Crippen LogP contribution is -2.32. The Kier molecular flexibility index (Phi) is 5.95. The molecule has 0 bridgehead atoms. The highest BCUT2D eigenvalue weighted by atomic mass is 16.6. The summed E-state index contributed by atoms with van der Waals surface area (Å²) in [7, 11) is 2.79. The molecule has 0 heterocycles. The summed E-state index contributed by atoms with van der Waals surface area (Å²) in [6.07, 6.45) is 1.71. The smallest absolute Gasteiger partial charge is 0.286 e. The molecule has 0 aromatic heterocycles. The number of nitrogens with one attached hydrogen (secondary N) is 1. The fourth-order valence-electron chi connectivity index (χ4n) is 2.01. The Morgan fingerprint density at radius 3 is 2.38 bits per heavy atom. The first-order valence-electron chi connectivity index (χ1n) is 6.65. The van der Waals surface area contributed by atoms with Crippen molar-refractivity contribution in [2.75, 3.05) is 14.2 Å². The minimum Gasteiger partial charge on any atom is -0.493 e. The summed E-state index contributed by atoms with van der Waals surface area (Å²) in [6.45, 7) is 3.86. The zero-order valence-electron chi connectivity index (χ0n) is 12.6. The Labute approximate surface area is 123 Å². The van der Waals surface area contributed by atoms with Crippen LogP contribution in [0.5, 0.6) is 11.5 Å². The molecule has 116 valence electrons. The Morgan fingerprint density at radius 1 is 1.33 bits per heavy atom. The van der Waals surface area contributed by atoms with Crippen molar-refractivity contribution in [1.82, 2.24) is 5.32 Å². The van der Waals surface area contributed by atoms with Crippen LogP contribution in [0.4, 0.5) is 5.69 Å². The number of hydrogen-bond donors (Lipinski definition) is 1. The monoisotopic (exact) mass is 296 g/mol. The Hall–Kier alpha value is -2.31. The van der Waals surface area contributed by atoms with E-state index in [1.807, 2.05) is 13.8 Å². The van der Waals surface area contributed by atoms with Crippen LogP contribution in [0.2, 0.25) is 0 Å². The fourth-order valence-corrected chi connectivity index (χ4v) is 2.01. The number of ether oxygens (including phenoxy) is 2. The predicted octanol–water partition coefficient (Wildman–Crippen LogP) is 2.53. The predicted molar refractivity (Wildman–Crippen MR) is 78.0 cm³/mol. The van der Waals surface area contributed by atoms with Crippen LogP contribution in [0.15, 0.2) is 12.1 Å².